The predicted molar refractivity (Wildman–Crippen MR) is 140 cm³/mol. The highest BCUT2D eigenvalue weighted by Gasteiger charge is 2.38. The summed E-state index contributed by atoms with van der Waals surface area (Å²) in [4.78, 5) is 28.0. The first-order chi connectivity index (χ1) is 17.7. The van der Waals surface area contributed by atoms with E-state index in [2.05, 4.69) is 10.6 Å². The number of nitrogens with zero attached hydrogens (tertiary/aromatic N) is 2. The molecule has 2 fully saturated rings. The summed E-state index contributed by atoms with van der Waals surface area (Å²) in [5.41, 5.74) is 2.29. The first-order valence-electron chi connectivity index (χ1n) is 12.7. The summed E-state index contributed by atoms with van der Waals surface area (Å²) in [5, 5.41) is 6.20. The first kappa shape index (κ1) is 27.2. The molecule has 1 saturated carbocycles. The van der Waals surface area contributed by atoms with Crippen molar-refractivity contribution in [1.29, 1.82) is 0 Å². The molecule has 0 spiro atoms. The summed E-state index contributed by atoms with van der Waals surface area (Å²) in [7, 11) is -1.73. The minimum Gasteiger partial charge on any atom is -0.355 e. The van der Waals surface area contributed by atoms with Gasteiger partial charge in [-0.3, -0.25) is 9.59 Å². The van der Waals surface area contributed by atoms with E-state index in [4.69, 9.17) is 0 Å². The molecule has 2 aromatic rings. The van der Waals surface area contributed by atoms with Crippen LogP contribution in [-0.2, 0) is 14.8 Å². The van der Waals surface area contributed by atoms with Crippen molar-refractivity contribution < 1.29 is 22.4 Å². The second kappa shape index (κ2) is 11.7. The van der Waals surface area contributed by atoms with Gasteiger partial charge in [0.2, 0.25) is 15.9 Å². The lowest BCUT2D eigenvalue weighted by atomic mass is 9.88. The lowest BCUT2D eigenvalue weighted by molar-refractivity contribution is -0.134. The van der Waals surface area contributed by atoms with E-state index < -0.39 is 15.9 Å². The minimum absolute atomic E-state index is 0.0832. The van der Waals surface area contributed by atoms with Crippen LogP contribution in [0.5, 0.6) is 0 Å². The normalized spacial score (nSPS) is 20.9. The van der Waals surface area contributed by atoms with Crippen molar-refractivity contribution in [2.45, 2.75) is 37.1 Å². The van der Waals surface area contributed by atoms with Crippen molar-refractivity contribution in [2.24, 2.45) is 0 Å². The molecule has 3 atom stereocenters. The molecule has 2 aliphatic rings. The average Bonchev–Trinajstić information content (AvgIpc) is 3.67. The van der Waals surface area contributed by atoms with E-state index in [1.807, 2.05) is 24.3 Å². The Morgan fingerprint density at radius 2 is 1.73 bits per heavy atom. The molecule has 2 amide bonds. The molecule has 0 aromatic heterocycles. The van der Waals surface area contributed by atoms with Crippen molar-refractivity contribution >= 4 is 21.8 Å². The molecule has 2 aromatic carbocycles. The number of amides is 2. The Morgan fingerprint density at radius 1 is 1.05 bits per heavy atom. The Morgan fingerprint density at radius 3 is 2.38 bits per heavy atom. The predicted octanol–water partition coefficient (Wildman–Crippen LogP) is 2.30. The molecule has 8 nitrogen and oxygen atoms in total. The van der Waals surface area contributed by atoms with Crippen LogP contribution in [0.4, 0.5) is 4.39 Å². The van der Waals surface area contributed by atoms with Crippen LogP contribution in [0.15, 0.2) is 48.5 Å². The molecule has 37 heavy (non-hydrogen) atoms. The third-order valence-electron chi connectivity index (χ3n) is 7.29. The van der Waals surface area contributed by atoms with Gasteiger partial charge >= 0.3 is 0 Å². The summed E-state index contributed by atoms with van der Waals surface area (Å²) >= 11 is 0. The van der Waals surface area contributed by atoms with E-state index >= 15 is 0 Å². The molecule has 1 saturated heterocycles. The first-order valence-corrected chi connectivity index (χ1v) is 14.6. The fraction of sp³-hybridized carbons (Fsp3) is 0.481. The van der Waals surface area contributed by atoms with Gasteiger partial charge < -0.3 is 15.5 Å². The number of benzene rings is 2. The lowest BCUT2D eigenvalue weighted by Gasteiger charge is -2.35. The number of piperazine rings is 1. The highest BCUT2D eigenvalue weighted by atomic mass is 32.2. The number of nitrogens with one attached hydrogen (secondary N) is 2. The molecule has 0 unspecified atom stereocenters. The van der Waals surface area contributed by atoms with Crippen LogP contribution in [0.25, 0.3) is 0 Å². The van der Waals surface area contributed by atoms with Gasteiger partial charge in [-0.2, -0.15) is 4.31 Å². The number of hydrogen-bond donors (Lipinski definition) is 2. The summed E-state index contributed by atoms with van der Waals surface area (Å²) in [5.74, 6) is -0.696. The van der Waals surface area contributed by atoms with Crippen LogP contribution in [0.3, 0.4) is 0 Å². The highest BCUT2D eigenvalue weighted by molar-refractivity contribution is 7.88. The maximum Gasteiger partial charge on any atom is 0.251 e. The minimum atomic E-state index is -3.30. The maximum atomic E-state index is 13.7. The highest BCUT2D eigenvalue weighted by Crippen LogP contribution is 2.40. The van der Waals surface area contributed by atoms with Gasteiger partial charge in [0.1, 0.15) is 5.82 Å². The topological polar surface area (TPSA) is 98.8 Å². The molecular formula is C27H35FN4O4S. The number of rotatable bonds is 10. The second-order valence-electron chi connectivity index (χ2n) is 9.80. The van der Waals surface area contributed by atoms with Gasteiger partial charge in [-0.05, 0) is 55.1 Å². The molecule has 200 valence electrons. The third kappa shape index (κ3) is 6.74. The van der Waals surface area contributed by atoms with Gasteiger partial charge in [-0.15, -0.1) is 0 Å². The van der Waals surface area contributed by atoms with Crippen molar-refractivity contribution in [2.75, 3.05) is 46.0 Å². The van der Waals surface area contributed by atoms with Crippen LogP contribution < -0.4 is 10.6 Å². The Hall–Kier alpha value is -2.82. The fourth-order valence-electron chi connectivity index (χ4n) is 5.11. The molecule has 1 aliphatic carbocycles. The van der Waals surface area contributed by atoms with Crippen molar-refractivity contribution in [3.8, 4) is 0 Å². The number of carbonyl (C=O) groups excluding carboxylic acids is 2. The zero-order chi connectivity index (χ0) is 26.6. The lowest BCUT2D eigenvalue weighted by Crippen LogP contribution is -2.51. The molecule has 1 aliphatic heterocycles. The quantitative estimate of drug-likeness (QED) is 0.460. The van der Waals surface area contributed by atoms with Crippen LogP contribution >= 0.6 is 0 Å². The van der Waals surface area contributed by atoms with Crippen LogP contribution in [0.2, 0.25) is 0 Å². The van der Waals surface area contributed by atoms with E-state index in [9.17, 15) is 22.4 Å². The summed E-state index contributed by atoms with van der Waals surface area (Å²) in [6.07, 6.45) is 3.47. The Balaban J connectivity index is 1.41. The second-order valence-corrected chi connectivity index (χ2v) is 11.8. The van der Waals surface area contributed by atoms with Crippen molar-refractivity contribution in [3.05, 3.63) is 71.0 Å². The van der Waals surface area contributed by atoms with Crippen molar-refractivity contribution in [1.82, 2.24) is 19.8 Å². The van der Waals surface area contributed by atoms with Gasteiger partial charge in [0, 0.05) is 50.7 Å². The molecule has 10 heteroatoms. The van der Waals surface area contributed by atoms with Gasteiger partial charge in [-0.25, -0.2) is 12.8 Å². The zero-order valence-electron chi connectivity index (χ0n) is 21.3. The van der Waals surface area contributed by atoms with E-state index in [-0.39, 0.29) is 30.7 Å². The van der Waals surface area contributed by atoms with E-state index in [1.165, 1.54) is 22.7 Å². The van der Waals surface area contributed by atoms with Gasteiger partial charge in [0.25, 0.3) is 5.91 Å². The van der Waals surface area contributed by atoms with Crippen molar-refractivity contribution in [3.63, 3.8) is 0 Å². The maximum absolute atomic E-state index is 13.7. The van der Waals surface area contributed by atoms with Gasteiger partial charge in [-0.1, -0.05) is 30.3 Å². The number of hydrogen-bond acceptors (Lipinski definition) is 5. The molecule has 0 bridgehead atoms. The largest absolute Gasteiger partial charge is 0.355 e. The third-order valence-corrected chi connectivity index (χ3v) is 8.59. The number of carbonyl (C=O) groups is 2. The number of halogens is 1. The molecule has 0 radical (unpaired) electrons. The summed E-state index contributed by atoms with van der Waals surface area (Å²) in [6.45, 7) is 1.90. The molecule has 4 rings (SSSR count). The Bertz CT molecular complexity index is 1210. The Labute approximate surface area is 218 Å². The summed E-state index contributed by atoms with van der Waals surface area (Å²) < 4.78 is 38.4. The summed E-state index contributed by atoms with van der Waals surface area (Å²) in [6, 6.07) is 14.1. The van der Waals surface area contributed by atoms with Crippen LogP contribution in [0, 0.1) is 5.82 Å². The van der Waals surface area contributed by atoms with E-state index in [1.54, 1.807) is 24.1 Å². The monoisotopic (exact) mass is 530 g/mol. The fourth-order valence-corrected chi connectivity index (χ4v) is 5.93. The standard InChI is InChI=1S/C27H35FN4O4S/c1-29-26(33)22-7-4-3-6-21(22)23(27(34)31-14-16-32(17-15-31)37(2,35)36)8-5-13-30-25-18-24(25)19-9-11-20(28)12-10-19/h3-4,6-7,9-12,23-25,30H,5,8,13-18H2,1-2H3,(H,29,33)/t23-,24-,25+/m0/s1. The van der Waals surface area contributed by atoms with Gasteiger partial charge in [0.15, 0.2) is 0 Å². The van der Waals surface area contributed by atoms with Gasteiger partial charge in [0.05, 0.1) is 12.2 Å². The number of sulfonamides is 1. The molecular weight excluding hydrogens is 495 g/mol. The Kier molecular flexibility index (Phi) is 8.61. The van der Waals surface area contributed by atoms with E-state index in [0.29, 0.717) is 42.6 Å². The average molecular weight is 531 g/mol. The smallest absolute Gasteiger partial charge is 0.251 e. The molecule has 2 N–H and O–H groups in total. The van der Waals surface area contributed by atoms with Crippen LogP contribution in [0.1, 0.15) is 52.6 Å². The van der Waals surface area contributed by atoms with Crippen LogP contribution in [-0.4, -0.2) is 81.5 Å². The zero-order valence-corrected chi connectivity index (χ0v) is 22.1. The van der Waals surface area contributed by atoms with E-state index in [0.717, 1.165) is 24.9 Å². The molecule has 1 heterocycles. The SMILES string of the molecule is CNC(=O)c1ccccc1[C@H](CCCN[C@@H]1C[C@H]1c1ccc(F)cc1)C(=O)N1CCN(S(C)(=O)=O)CC1.